The van der Waals surface area contributed by atoms with Crippen LogP contribution in [0, 0.1) is 0 Å². The van der Waals surface area contributed by atoms with Crippen molar-refractivity contribution in [3.8, 4) is 28.0 Å². The number of nitrogens with two attached hydrogens (primary N) is 1. The van der Waals surface area contributed by atoms with Gasteiger partial charge in [-0.15, -0.1) is 0 Å². The molecule has 0 aliphatic carbocycles. The lowest BCUT2D eigenvalue weighted by Crippen LogP contribution is -2.13. The van der Waals surface area contributed by atoms with Gasteiger partial charge in [-0.3, -0.25) is 0 Å². The maximum Gasteiger partial charge on any atom is 0.238 e. The van der Waals surface area contributed by atoms with Gasteiger partial charge in [-0.2, -0.15) is 0 Å². The Bertz CT molecular complexity index is 1050. The average molecular weight is 368 g/mol. The minimum atomic E-state index is -3.89. The van der Waals surface area contributed by atoms with Gasteiger partial charge in [0.05, 0.1) is 4.90 Å². The molecule has 4 N–H and O–H groups in total. The third-order valence-corrected chi connectivity index (χ3v) is 5.11. The summed E-state index contributed by atoms with van der Waals surface area (Å²) in [5.41, 5.74) is 3.56. The minimum absolute atomic E-state index is 0.0540. The molecule has 0 fully saturated rings. The maximum atomic E-state index is 12.1. The van der Waals surface area contributed by atoms with Crippen LogP contribution >= 0.6 is 0 Å². The van der Waals surface area contributed by atoms with E-state index in [0.29, 0.717) is 23.2 Å². The first-order chi connectivity index (χ1) is 12.4. The largest absolute Gasteiger partial charge is 0.507 e. The van der Waals surface area contributed by atoms with E-state index >= 15 is 0 Å². The van der Waals surface area contributed by atoms with Crippen LogP contribution in [-0.2, 0) is 16.6 Å². The summed E-state index contributed by atoms with van der Waals surface area (Å²) in [5, 5.41) is 18.8. The van der Waals surface area contributed by atoms with E-state index in [2.05, 4.69) is 5.32 Å². The van der Waals surface area contributed by atoms with Gasteiger partial charge in [-0.05, 0) is 41.9 Å². The fourth-order valence-corrected chi connectivity index (χ4v) is 3.75. The van der Waals surface area contributed by atoms with Crippen molar-refractivity contribution in [2.24, 2.45) is 5.14 Å². The number of phenols is 1. The minimum Gasteiger partial charge on any atom is -0.507 e. The summed E-state index contributed by atoms with van der Waals surface area (Å²) < 4.78 is 24.1. The molecule has 26 heavy (non-hydrogen) atoms. The molecule has 134 valence electrons. The van der Waals surface area contributed by atoms with Crippen molar-refractivity contribution >= 4 is 10.0 Å². The molecule has 0 radical (unpaired) electrons. The summed E-state index contributed by atoms with van der Waals surface area (Å²) in [6, 6.07) is 19.3. The number of sulfonamides is 1. The lowest BCUT2D eigenvalue weighted by Gasteiger charge is -2.16. The van der Waals surface area contributed by atoms with Gasteiger partial charge in [0.2, 0.25) is 10.0 Å². The first-order valence-electron chi connectivity index (χ1n) is 8.10. The molecule has 0 amide bonds. The molecule has 0 bridgehead atoms. The molecule has 0 atom stereocenters. The third-order valence-electron chi connectivity index (χ3n) is 4.14. The van der Waals surface area contributed by atoms with Gasteiger partial charge in [0.15, 0.2) is 0 Å². The number of para-hydroxylation sites is 1. The summed E-state index contributed by atoms with van der Waals surface area (Å²) in [6.07, 6.45) is 0. The van der Waals surface area contributed by atoms with Crippen molar-refractivity contribution in [3.05, 3.63) is 72.3 Å². The molecule has 5 nitrogen and oxygen atoms in total. The third kappa shape index (κ3) is 3.62. The van der Waals surface area contributed by atoms with Crippen LogP contribution in [-0.4, -0.2) is 20.6 Å². The highest BCUT2D eigenvalue weighted by Gasteiger charge is 2.19. The molecule has 0 aliphatic heterocycles. The van der Waals surface area contributed by atoms with E-state index < -0.39 is 10.0 Å². The van der Waals surface area contributed by atoms with Crippen molar-refractivity contribution in [2.75, 3.05) is 7.05 Å². The van der Waals surface area contributed by atoms with Crippen molar-refractivity contribution in [1.29, 1.82) is 0 Å². The molecule has 0 spiro atoms. The highest BCUT2D eigenvalue weighted by Crippen LogP contribution is 2.39. The Morgan fingerprint density at radius 3 is 2.19 bits per heavy atom. The number of nitrogens with one attached hydrogen (secondary N) is 1. The van der Waals surface area contributed by atoms with Crippen molar-refractivity contribution < 1.29 is 13.5 Å². The fourth-order valence-electron chi connectivity index (χ4n) is 3.00. The Morgan fingerprint density at radius 1 is 0.885 bits per heavy atom. The van der Waals surface area contributed by atoms with Crippen LogP contribution in [0.15, 0.2) is 71.6 Å². The van der Waals surface area contributed by atoms with E-state index in [0.717, 1.165) is 11.1 Å². The van der Waals surface area contributed by atoms with E-state index in [1.807, 2.05) is 31.3 Å². The molecular formula is C20H20N2O3S. The molecule has 6 heteroatoms. The topological polar surface area (TPSA) is 92.4 Å². The second-order valence-corrected chi connectivity index (χ2v) is 7.50. The van der Waals surface area contributed by atoms with E-state index in [4.69, 9.17) is 5.14 Å². The smallest absolute Gasteiger partial charge is 0.238 e. The molecule has 0 heterocycles. The number of aromatic hydroxyl groups is 1. The van der Waals surface area contributed by atoms with Crippen LogP contribution in [0.2, 0.25) is 0 Å². The Hall–Kier alpha value is -2.67. The van der Waals surface area contributed by atoms with Crippen LogP contribution in [0.4, 0.5) is 0 Å². The number of rotatable bonds is 5. The zero-order chi connectivity index (χ0) is 18.7. The molecular weight excluding hydrogens is 348 g/mol. The van der Waals surface area contributed by atoms with Crippen LogP contribution in [0.3, 0.4) is 0 Å². The maximum absolute atomic E-state index is 12.1. The molecule has 0 saturated heterocycles. The number of benzene rings is 3. The zero-order valence-corrected chi connectivity index (χ0v) is 15.1. The number of hydrogen-bond acceptors (Lipinski definition) is 4. The van der Waals surface area contributed by atoms with Crippen LogP contribution < -0.4 is 10.5 Å². The Balaban J connectivity index is 2.33. The van der Waals surface area contributed by atoms with Crippen molar-refractivity contribution in [2.45, 2.75) is 11.4 Å². The summed E-state index contributed by atoms with van der Waals surface area (Å²) in [6.45, 7) is 0.631. The molecule has 0 unspecified atom stereocenters. The SMILES string of the molecule is CNCc1ccc(-c2ccccc2O)c(-c2ccccc2S(N)(=O)=O)c1. The van der Waals surface area contributed by atoms with Crippen LogP contribution in [0.25, 0.3) is 22.3 Å². The van der Waals surface area contributed by atoms with E-state index in [1.54, 1.807) is 36.4 Å². The molecule has 0 aromatic heterocycles. The Kier molecular flexibility index (Phi) is 5.08. The molecule has 3 rings (SSSR count). The first-order valence-corrected chi connectivity index (χ1v) is 9.64. The van der Waals surface area contributed by atoms with Gasteiger partial charge < -0.3 is 10.4 Å². The number of primary sulfonamides is 1. The van der Waals surface area contributed by atoms with Crippen LogP contribution in [0.5, 0.6) is 5.75 Å². The Labute approximate surface area is 153 Å². The quantitative estimate of drug-likeness (QED) is 0.645. The Morgan fingerprint density at radius 2 is 1.54 bits per heavy atom. The second-order valence-electron chi connectivity index (χ2n) is 5.97. The van der Waals surface area contributed by atoms with Crippen molar-refractivity contribution in [3.63, 3.8) is 0 Å². The van der Waals surface area contributed by atoms with E-state index in [-0.39, 0.29) is 10.6 Å². The average Bonchev–Trinajstić information content (AvgIpc) is 2.62. The first kappa shape index (κ1) is 18.1. The zero-order valence-electron chi connectivity index (χ0n) is 14.3. The lowest BCUT2D eigenvalue weighted by atomic mass is 9.92. The summed E-state index contributed by atoms with van der Waals surface area (Å²) in [5.74, 6) is 0.128. The predicted molar refractivity (Wildman–Crippen MR) is 103 cm³/mol. The van der Waals surface area contributed by atoms with Gasteiger partial charge in [0.1, 0.15) is 5.75 Å². The summed E-state index contributed by atoms with van der Waals surface area (Å²) in [7, 11) is -2.05. The molecule has 0 aliphatic rings. The highest BCUT2D eigenvalue weighted by molar-refractivity contribution is 7.89. The van der Waals surface area contributed by atoms with E-state index in [9.17, 15) is 13.5 Å². The monoisotopic (exact) mass is 368 g/mol. The number of hydrogen-bond donors (Lipinski definition) is 3. The number of phenolic OH excluding ortho intramolecular Hbond substituents is 1. The van der Waals surface area contributed by atoms with Gasteiger partial charge in [-0.25, -0.2) is 13.6 Å². The summed E-state index contributed by atoms with van der Waals surface area (Å²) >= 11 is 0. The van der Waals surface area contributed by atoms with Gasteiger partial charge in [-0.1, -0.05) is 48.5 Å². The van der Waals surface area contributed by atoms with Crippen molar-refractivity contribution in [1.82, 2.24) is 5.32 Å². The van der Waals surface area contributed by atoms with Gasteiger partial charge in [0.25, 0.3) is 0 Å². The second kappa shape index (κ2) is 7.29. The fraction of sp³-hybridized carbons (Fsp3) is 0.100. The predicted octanol–water partition coefficient (Wildman–Crippen LogP) is 3.09. The van der Waals surface area contributed by atoms with Crippen LogP contribution in [0.1, 0.15) is 5.56 Å². The molecule has 3 aromatic rings. The van der Waals surface area contributed by atoms with Gasteiger partial charge in [0, 0.05) is 17.7 Å². The van der Waals surface area contributed by atoms with E-state index in [1.165, 1.54) is 6.07 Å². The molecule has 0 saturated carbocycles. The standard InChI is InChI=1S/C20H20N2O3S/c1-22-13-14-10-11-15(16-6-2-4-8-19(16)23)18(12-14)17-7-3-5-9-20(17)26(21,24)25/h2-12,22-23H,13H2,1H3,(H2,21,24,25). The normalized spacial score (nSPS) is 11.5. The highest BCUT2D eigenvalue weighted by atomic mass is 32.2. The summed E-state index contributed by atoms with van der Waals surface area (Å²) in [4.78, 5) is 0.0540. The molecule has 3 aromatic carbocycles. The van der Waals surface area contributed by atoms with Gasteiger partial charge >= 0.3 is 0 Å². The lowest BCUT2D eigenvalue weighted by molar-refractivity contribution is 0.477.